The number of anilines is 2. The molecule has 0 bridgehead atoms. The Kier molecular flexibility index (Phi) is 6.67. The number of benzene rings is 1. The molecule has 166 valence electrons. The van der Waals surface area contributed by atoms with Crippen molar-refractivity contribution in [2.24, 2.45) is 0 Å². The number of nitrogens with zero attached hydrogens (tertiary/aromatic N) is 4. The number of fused-ring (bicyclic) bond motifs is 1. The van der Waals surface area contributed by atoms with E-state index in [1.54, 1.807) is 6.20 Å². The molecule has 0 spiro atoms. The fraction of sp³-hybridized carbons (Fsp3) is 0.522. The summed E-state index contributed by atoms with van der Waals surface area (Å²) in [7, 11) is 2.22. The molecule has 2 N–H and O–H groups in total. The number of amides is 1. The van der Waals surface area contributed by atoms with Crippen molar-refractivity contribution in [3.8, 4) is 0 Å². The van der Waals surface area contributed by atoms with Gasteiger partial charge in [0.25, 0.3) is 0 Å². The number of carbonyl (C=O) groups excluding carboxylic acids is 1. The van der Waals surface area contributed by atoms with E-state index in [9.17, 15) is 4.79 Å². The highest BCUT2D eigenvalue weighted by atomic mass is 16.6. The molecule has 4 rings (SSSR count). The van der Waals surface area contributed by atoms with E-state index in [0.29, 0.717) is 24.4 Å². The third-order valence-corrected chi connectivity index (χ3v) is 6.17. The Morgan fingerprint density at radius 2 is 2.03 bits per heavy atom. The first-order chi connectivity index (χ1) is 15.0. The van der Waals surface area contributed by atoms with Crippen LogP contribution in [0.5, 0.6) is 0 Å². The summed E-state index contributed by atoms with van der Waals surface area (Å²) in [5, 5.41) is 6.79. The van der Waals surface area contributed by atoms with Gasteiger partial charge in [0.1, 0.15) is 12.4 Å². The van der Waals surface area contributed by atoms with Gasteiger partial charge < -0.3 is 15.4 Å². The van der Waals surface area contributed by atoms with Crippen LogP contribution in [-0.2, 0) is 17.9 Å². The maximum atomic E-state index is 12.0. The van der Waals surface area contributed by atoms with Gasteiger partial charge in [-0.25, -0.2) is 9.78 Å². The summed E-state index contributed by atoms with van der Waals surface area (Å²) < 4.78 is 5.16. The minimum absolute atomic E-state index is 0.0415. The lowest BCUT2D eigenvalue weighted by Gasteiger charge is -2.31. The number of aromatic nitrogens is 2. The summed E-state index contributed by atoms with van der Waals surface area (Å²) in [6, 6.07) is 9.43. The molecule has 2 aliphatic heterocycles. The lowest BCUT2D eigenvalue weighted by Crippen LogP contribution is -2.40. The Morgan fingerprint density at radius 1 is 1.29 bits per heavy atom. The van der Waals surface area contributed by atoms with E-state index in [4.69, 9.17) is 4.74 Å². The van der Waals surface area contributed by atoms with Crippen molar-refractivity contribution in [2.45, 2.75) is 51.9 Å². The first-order valence-corrected chi connectivity index (χ1v) is 11.1. The normalized spacial score (nSPS) is 17.9. The minimum Gasteiger partial charge on any atom is -0.444 e. The first kappa shape index (κ1) is 21.5. The van der Waals surface area contributed by atoms with Crippen LogP contribution in [0.3, 0.4) is 0 Å². The molecule has 1 aromatic heterocycles. The van der Waals surface area contributed by atoms with Crippen molar-refractivity contribution in [3.05, 3.63) is 47.2 Å². The predicted octanol–water partition coefficient (Wildman–Crippen LogP) is 3.31. The quantitative estimate of drug-likeness (QED) is 0.706. The van der Waals surface area contributed by atoms with Crippen molar-refractivity contribution < 1.29 is 9.53 Å². The molecule has 8 nitrogen and oxygen atoms in total. The number of carbonyl (C=O) groups is 1. The van der Waals surface area contributed by atoms with E-state index in [0.717, 1.165) is 25.2 Å². The van der Waals surface area contributed by atoms with Gasteiger partial charge >= 0.3 is 6.09 Å². The SMILES string of the molecule is CCN1C(=O)OCc2cnc(NC(C)c3ccc(CN(C)C4CCNCC4)cc3)nc21. The van der Waals surface area contributed by atoms with Gasteiger partial charge in [0.15, 0.2) is 0 Å². The van der Waals surface area contributed by atoms with Gasteiger partial charge in [-0.1, -0.05) is 24.3 Å². The van der Waals surface area contributed by atoms with Crippen molar-refractivity contribution in [1.29, 1.82) is 0 Å². The van der Waals surface area contributed by atoms with Gasteiger partial charge in [-0.2, -0.15) is 4.98 Å². The van der Waals surface area contributed by atoms with Crippen LogP contribution in [0.4, 0.5) is 16.6 Å². The number of ether oxygens (including phenoxy) is 1. The zero-order valence-electron chi connectivity index (χ0n) is 18.6. The van der Waals surface area contributed by atoms with Crippen LogP contribution >= 0.6 is 0 Å². The van der Waals surface area contributed by atoms with Crippen molar-refractivity contribution in [2.75, 3.05) is 36.9 Å². The molecule has 1 amide bonds. The van der Waals surface area contributed by atoms with Gasteiger partial charge in [0, 0.05) is 25.3 Å². The van der Waals surface area contributed by atoms with Crippen LogP contribution < -0.4 is 15.5 Å². The molecule has 1 saturated heterocycles. The van der Waals surface area contributed by atoms with E-state index in [1.165, 1.54) is 28.9 Å². The van der Waals surface area contributed by atoms with E-state index in [1.807, 2.05) is 6.92 Å². The maximum absolute atomic E-state index is 12.0. The molecular weight excluding hydrogens is 392 g/mol. The molecule has 1 aromatic carbocycles. The van der Waals surface area contributed by atoms with Gasteiger partial charge in [0.05, 0.1) is 11.6 Å². The molecule has 0 radical (unpaired) electrons. The highest BCUT2D eigenvalue weighted by Gasteiger charge is 2.26. The second-order valence-corrected chi connectivity index (χ2v) is 8.35. The fourth-order valence-corrected chi connectivity index (χ4v) is 4.24. The number of nitrogens with one attached hydrogen (secondary N) is 2. The second kappa shape index (κ2) is 9.62. The number of hydrogen-bond donors (Lipinski definition) is 2. The Balaban J connectivity index is 1.39. The highest BCUT2D eigenvalue weighted by Crippen LogP contribution is 2.26. The Morgan fingerprint density at radius 3 is 2.74 bits per heavy atom. The van der Waals surface area contributed by atoms with Crippen LogP contribution in [0.15, 0.2) is 30.5 Å². The van der Waals surface area contributed by atoms with E-state index in [-0.39, 0.29) is 18.7 Å². The summed E-state index contributed by atoms with van der Waals surface area (Å²) in [6.45, 7) is 7.89. The molecular formula is C23H32N6O2. The monoisotopic (exact) mass is 424 g/mol. The van der Waals surface area contributed by atoms with Crippen LogP contribution in [-0.4, -0.2) is 53.7 Å². The molecule has 1 fully saturated rings. The zero-order chi connectivity index (χ0) is 21.8. The largest absolute Gasteiger partial charge is 0.444 e. The zero-order valence-corrected chi connectivity index (χ0v) is 18.6. The van der Waals surface area contributed by atoms with Crippen molar-refractivity contribution in [1.82, 2.24) is 20.2 Å². The average Bonchev–Trinajstić information content (AvgIpc) is 2.80. The summed E-state index contributed by atoms with van der Waals surface area (Å²) in [5.41, 5.74) is 3.31. The molecule has 3 heterocycles. The van der Waals surface area contributed by atoms with Gasteiger partial charge in [-0.15, -0.1) is 0 Å². The van der Waals surface area contributed by atoms with Gasteiger partial charge in [-0.3, -0.25) is 9.80 Å². The van der Waals surface area contributed by atoms with Crippen molar-refractivity contribution >= 4 is 17.9 Å². The summed E-state index contributed by atoms with van der Waals surface area (Å²) in [4.78, 5) is 25.0. The third-order valence-electron chi connectivity index (χ3n) is 6.17. The lowest BCUT2D eigenvalue weighted by atomic mass is 10.0. The molecule has 0 saturated carbocycles. The predicted molar refractivity (Wildman–Crippen MR) is 121 cm³/mol. The van der Waals surface area contributed by atoms with E-state index in [2.05, 4.69) is 63.7 Å². The van der Waals surface area contributed by atoms with E-state index >= 15 is 0 Å². The Labute approximate surface area is 184 Å². The van der Waals surface area contributed by atoms with Crippen LogP contribution in [0.2, 0.25) is 0 Å². The van der Waals surface area contributed by atoms with Crippen molar-refractivity contribution in [3.63, 3.8) is 0 Å². The maximum Gasteiger partial charge on any atom is 0.415 e. The molecule has 31 heavy (non-hydrogen) atoms. The standard InChI is InChI=1S/C23H32N6O2/c1-4-29-21-19(15-31-23(29)30)13-25-22(27-21)26-16(2)18-7-5-17(6-8-18)14-28(3)20-9-11-24-12-10-20/h5-8,13,16,20,24H,4,9-12,14-15H2,1-3H3,(H,25,26,27). The second-order valence-electron chi connectivity index (χ2n) is 8.35. The first-order valence-electron chi connectivity index (χ1n) is 11.1. The molecule has 1 atom stereocenters. The number of piperidine rings is 1. The van der Waals surface area contributed by atoms with Gasteiger partial charge in [-0.05, 0) is 58.0 Å². The van der Waals surface area contributed by atoms with Gasteiger partial charge in [0.2, 0.25) is 5.95 Å². The Bertz CT molecular complexity index is 897. The summed E-state index contributed by atoms with van der Waals surface area (Å²) in [6.07, 6.45) is 3.79. The van der Waals surface area contributed by atoms with Crippen LogP contribution in [0.1, 0.15) is 49.4 Å². The summed E-state index contributed by atoms with van der Waals surface area (Å²) in [5.74, 6) is 1.13. The average molecular weight is 425 g/mol. The molecule has 2 aliphatic rings. The molecule has 2 aromatic rings. The minimum atomic E-state index is -0.363. The third kappa shape index (κ3) is 4.97. The molecule has 0 aliphatic carbocycles. The smallest absolute Gasteiger partial charge is 0.415 e. The fourth-order valence-electron chi connectivity index (χ4n) is 4.24. The highest BCUT2D eigenvalue weighted by molar-refractivity contribution is 5.89. The number of rotatable bonds is 7. The van der Waals surface area contributed by atoms with E-state index < -0.39 is 0 Å². The number of cyclic esters (lactones) is 1. The molecule has 8 heteroatoms. The topological polar surface area (TPSA) is 82.6 Å². The summed E-state index contributed by atoms with van der Waals surface area (Å²) >= 11 is 0. The van der Waals surface area contributed by atoms with Crippen LogP contribution in [0, 0.1) is 0 Å². The number of hydrogen-bond acceptors (Lipinski definition) is 7. The Hall–Kier alpha value is -2.71. The van der Waals surface area contributed by atoms with Crippen LogP contribution in [0.25, 0.3) is 0 Å². The molecule has 1 unspecified atom stereocenters. The lowest BCUT2D eigenvalue weighted by molar-refractivity contribution is 0.141.